The van der Waals surface area contributed by atoms with Crippen molar-refractivity contribution in [3.63, 3.8) is 0 Å². The third-order valence-corrected chi connectivity index (χ3v) is 6.57. The molecule has 5 heteroatoms. The number of piperidine rings is 1. The Balaban J connectivity index is 1.64. The molecule has 2 heterocycles. The topological polar surface area (TPSA) is 62.5 Å². The van der Waals surface area contributed by atoms with Crippen molar-refractivity contribution in [3.05, 3.63) is 112 Å². The fraction of sp³-hybridized carbons (Fsp3) is 0.214. The van der Waals surface area contributed by atoms with Crippen LogP contribution in [0.25, 0.3) is 16.5 Å². The van der Waals surface area contributed by atoms with E-state index >= 15 is 0 Å². The molecule has 1 fully saturated rings. The summed E-state index contributed by atoms with van der Waals surface area (Å²) in [6, 6.07) is 26.8. The average molecular weight is 439 g/mol. The minimum atomic E-state index is -1.01. The number of hydrogen-bond acceptors (Lipinski definition) is 3. The minimum absolute atomic E-state index is 0.187. The van der Waals surface area contributed by atoms with Gasteiger partial charge in [0.1, 0.15) is 0 Å². The Bertz CT molecular complexity index is 1350. The van der Waals surface area contributed by atoms with Crippen LogP contribution in [0.2, 0.25) is 0 Å². The first kappa shape index (κ1) is 21.2. The molecule has 0 unspecified atom stereocenters. The highest BCUT2D eigenvalue weighted by Crippen LogP contribution is 2.29. The summed E-state index contributed by atoms with van der Waals surface area (Å²) < 4.78 is 1.60. The van der Waals surface area contributed by atoms with Gasteiger partial charge in [0.05, 0.1) is 11.3 Å². The second kappa shape index (κ2) is 9.04. The van der Waals surface area contributed by atoms with E-state index in [4.69, 9.17) is 0 Å². The van der Waals surface area contributed by atoms with Crippen molar-refractivity contribution >= 4 is 16.7 Å². The van der Waals surface area contributed by atoms with Crippen LogP contribution < -0.4 is 5.56 Å². The molecule has 0 saturated carbocycles. The smallest absolute Gasteiger partial charge is 0.338 e. The maximum Gasteiger partial charge on any atom is 0.338 e. The molecule has 0 aliphatic carbocycles. The van der Waals surface area contributed by atoms with Gasteiger partial charge in [0, 0.05) is 29.5 Å². The van der Waals surface area contributed by atoms with Crippen LogP contribution in [-0.4, -0.2) is 33.6 Å². The van der Waals surface area contributed by atoms with E-state index in [-0.39, 0.29) is 11.1 Å². The number of para-hydroxylation sites is 1. The van der Waals surface area contributed by atoms with Crippen molar-refractivity contribution in [1.82, 2.24) is 9.47 Å². The monoisotopic (exact) mass is 438 g/mol. The molecular formula is C28H26N2O3. The highest BCUT2D eigenvalue weighted by atomic mass is 16.4. The molecule has 5 rings (SSSR count). The summed E-state index contributed by atoms with van der Waals surface area (Å²) in [6.45, 7) is 2.11. The second-order valence-corrected chi connectivity index (χ2v) is 8.63. The van der Waals surface area contributed by atoms with Crippen LogP contribution in [0.5, 0.6) is 0 Å². The molecule has 3 aromatic carbocycles. The number of carboxylic acid groups (broad SMARTS) is 1. The van der Waals surface area contributed by atoms with Gasteiger partial charge in [0.15, 0.2) is 0 Å². The zero-order valence-corrected chi connectivity index (χ0v) is 18.4. The molecule has 1 aliphatic rings. The first-order valence-electron chi connectivity index (χ1n) is 11.4. The number of hydrogen-bond donors (Lipinski definition) is 1. The van der Waals surface area contributed by atoms with Crippen LogP contribution >= 0.6 is 0 Å². The van der Waals surface area contributed by atoms with Crippen LogP contribution in [0.4, 0.5) is 0 Å². The Morgan fingerprint density at radius 1 is 0.879 bits per heavy atom. The summed E-state index contributed by atoms with van der Waals surface area (Å²) in [5.74, 6) is -0.618. The van der Waals surface area contributed by atoms with E-state index in [1.165, 1.54) is 5.56 Å². The van der Waals surface area contributed by atoms with E-state index in [2.05, 4.69) is 29.2 Å². The quantitative estimate of drug-likeness (QED) is 0.473. The van der Waals surface area contributed by atoms with Gasteiger partial charge < -0.3 is 5.11 Å². The predicted molar refractivity (Wildman–Crippen MR) is 130 cm³/mol. The molecule has 5 nitrogen and oxygen atoms in total. The molecule has 0 amide bonds. The molecule has 0 spiro atoms. The largest absolute Gasteiger partial charge is 0.478 e. The maximum atomic E-state index is 13.6. The van der Waals surface area contributed by atoms with E-state index in [0.717, 1.165) is 25.9 Å². The summed E-state index contributed by atoms with van der Waals surface area (Å²) in [7, 11) is 0. The maximum absolute atomic E-state index is 13.6. The summed E-state index contributed by atoms with van der Waals surface area (Å²) in [4.78, 5) is 28.4. The average Bonchev–Trinajstić information content (AvgIpc) is 2.85. The van der Waals surface area contributed by atoms with E-state index in [9.17, 15) is 14.7 Å². The van der Waals surface area contributed by atoms with Gasteiger partial charge >= 0.3 is 5.97 Å². The van der Waals surface area contributed by atoms with Crippen molar-refractivity contribution in [3.8, 4) is 5.69 Å². The van der Waals surface area contributed by atoms with Gasteiger partial charge in [-0.1, -0.05) is 66.7 Å². The van der Waals surface area contributed by atoms with Gasteiger partial charge in [-0.05, 0) is 49.1 Å². The second-order valence-electron chi connectivity index (χ2n) is 8.63. The number of likely N-dealkylation sites (tertiary alicyclic amines) is 1. The van der Waals surface area contributed by atoms with Gasteiger partial charge in [-0.2, -0.15) is 0 Å². The molecule has 33 heavy (non-hydrogen) atoms. The Morgan fingerprint density at radius 3 is 2.21 bits per heavy atom. The Kier molecular flexibility index (Phi) is 5.80. The van der Waals surface area contributed by atoms with Crippen molar-refractivity contribution in [1.29, 1.82) is 0 Å². The summed E-state index contributed by atoms with van der Waals surface area (Å²) in [5.41, 5.74) is 2.54. The van der Waals surface area contributed by atoms with Crippen LogP contribution in [0.15, 0.2) is 89.7 Å². The first-order valence-corrected chi connectivity index (χ1v) is 11.4. The van der Waals surface area contributed by atoms with Crippen LogP contribution in [-0.2, 0) is 6.54 Å². The molecular weight excluding hydrogens is 412 g/mol. The summed E-state index contributed by atoms with van der Waals surface area (Å²) in [5, 5.41) is 11.2. The first-order chi connectivity index (χ1) is 16.1. The van der Waals surface area contributed by atoms with Gasteiger partial charge in [-0.25, -0.2) is 4.79 Å². The fourth-order valence-electron chi connectivity index (χ4n) is 5.04. The van der Waals surface area contributed by atoms with Crippen molar-refractivity contribution < 1.29 is 9.90 Å². The lowest BCUT2D eigenvalue weighted by molar-refractivity contribution is 0.0695. The van der Waals surface area contributed by atoms with Crippen LogP contribution in [0.3, 0.4) is 0 Å². The normalized spacial score (nSPS) is 16.7. The van der Waals surface area contributed by atoms with E-state index < -0.39 is 5.97 Å². The standard InChI is InChI=1S/C28H26N2O3/c31-27-24-16-8-7-15-23(24)26(28(32)33)25(30(27)22-13-5-2-6-14-22)19-29-17-9-12-21(18-29)20-10-3-1-4-11-20/h1-8,10-11,13-16,21H,9,12,17-19H2,(H,32,33)/t21-/m1/s1. The van der Waals surface area contributed by atoms with Crippen molar-refractivity contribution in [2.24, 2.45) is 0 Å². The Labute approximate surface area is 192 Å². The number of aromatic nitrogens is 1. The zero-order chi connectivity index (χ0) is 22.8. The SMILES string of the molecule is O=C(O)c1c(CN2CCC[C@@H](c3ccccc3)C2)n(-c2ccccc2)c(=O)c2ccccc12. The van der Waals surface area contributed by atoms with E-state index in [0.29, 0.717) is 34.6 Å². The molecule has 1 atom stereocenters. The zero-order valence-electron chi connectivity index (χ0n) is 18.4. The molecule has 1 saturated heterocycles. The third-order valence-electron chi connectivity index (χ3n) is 6.57. The summed E-state index contributed by atoms with van der Waals surface area (Å²) in [6.07, 6.45) is 2.14. The van der Waals surface area contributed by atoms with E-state index in [1.54, 1.807) is 28.8 Å². The van der Waals surface area contributed by atoms with Crippen LogP contribution in [0, 0.1) is 0 Å². The Morgan fingerprint density at radius 2 is 1.52 bits per heavy atom. The molecule has 1 aromatic heterocycles. The van der Waals surface area contributed by atoms with Crippen LogP contribution in [0.1, 0.15) is 40.4 Å². The molecule has 166 valence electrons. The molecule has 1 aliphatic heterocycles. The van der Waals surface area contributed by atoms with Gasteiger partial charge in [-0.3, -0.25) is 14.3 Å². The number of nitrogens with zero attached hydrogens (tertiary/aromatic N) is 2. The lowest BCUT2D eigenvalue weighted by atomic mass is 9.90. The lowest BCUT2D eigenvalue weighted by Crippen LogP contribution is -2.37. The van der Waals surface area contributed by atoms with Crippen molar-refractivity contribution in [2.45, 2.75) is 25.3 Å². The van der Waals surface area contributed by atoms with Gasteiger partial charge in [0.25, 0.3) is 5.56 Å². The molecule has 0 radical (unpaired) electrons. The van der Waals surface area contributed by atoms with Gasteiger partial charge in [-0.15, -0.1) is 0 Å². The lowest BCUT2D eigenvalue weighted by Gasteiger charge is -2.34. The molecule has 1 N–H and O–H groups in total. The number of aromatic carboxylic acids is 1. The number of carbonyl (C=O) groups is 1. The third kappa shape index (κ3) is 4.08. The highest BCUT2D eigenvalue weighted by Gasteiger charge is 2.27. The Hall–Kier alpha value is -3.70. The number of pyridine rings is 1. The number of carboxylic acids is 1. The predicted octanol–water partition coefficient (Wildman–Crippen LogP) is 5.07. The van der Waals surface area contributed by atoms with E-state index in [1.807, 2.05) is 36.4 Å². The fourth-order valence-corrected chi connectivity index (χ4v) is 5.04. The molecule has 4 aromatic rings. The number of fused-ring (bicyclic) bond motifs is 1. The van der Waals surface area contributed by atoms with Gasteiger partial charge in [0.2, 0.25) is 0 Å². The number of benzene rings is 3. The minimum Gasteiger partial charge on any atom is -0.478 e. The van der Waals surface area contributed by atoms with Crippen molar-refractivity contribution in [2.75, 3.05) is 13.1 Å². The summed E-state index contributed by atoms with van der Waals surface area (Å²) >= 11 is 0. The molecule has 0 bridgehead atoms. The number of rotatable bonds is 5. The highest BCUT2D eigenvalue weighted by molar-refractivity contribution is 6.04.